The zero-order valence-electron chi connectivity index (χ0n) is 8.83. The van der Waals surface area contributed by atoms with Crippen LogP contribution in [0.1, 0.15) is 20.3 Å². The van der Waals surface area contributed by atoms with Crippen molar-refractivity contribution in [2.45, 2.75) is 25.8 Å². The third-order valence-corrected chi connectivity index (χ3v) is 1.63. The normalized spacial score (nSPS) is 17.3. The Morgan fingerprint density at radius 3 is 2.60 bits per heavy atom. The first-order valence-corrected chi connectivity index (χ1v) is 4.41. The van der Waals surface area contributed by atoms with Crippen molar-refractivity contribution in [3.8, 4) is 0 Å². The lowest BCUT2D eigenvalue weighted by atomic mass is 10.0. The third kappa shape index (κ3) is 5.79. The monoisotopic (exact) mass is 217 g/mol. The van der Waals surface area contributed by atoms with Crippen molar-refractivity contribution in [3.63, 3.8) is 0 Å². The molecule has 0 saturated carbocycles. The van der Waals surface area contributed by atoms with Gasteiger partial charge in [0.1, 0.15) is 11.4 Å². The highest BCUT2D eigenvalue weighted by molar-refractivity contribution is 5.80. The largest absolute Gasteiger partial charge is 0.480 e. The van der Waals surface area contributed by atoms with Crippen molar-refractivity contribution in [2.24, 2.45) is 16.5 Å². The van der Waals surface area contributed by atoms with Crippen LogP contribution in [0.25, 0.3) is 0 Å². The Balaban J connectivity index is 4.32. The quantitative estimate of drug-likeness (QED) is 0.458. The fourth-order valence-electron chi connectivity index (χ4n) is 0.798. The van der Waals surface area contributed by atoms with Gasteiger partial charge in [-0.2, -0.15) is 0 Å². The van der Waals surface area contributed by atoms with Crippen LogP contribution >= 0.6 is 0 Å². The molecule has 0 fully saturated rings. The number of carboxylic acid groups (broad SMARTS) is 1. The Bertz CT molecular complexity index is 294. The minimum absolute atomic E-state index is 0.00535. The van der Waals surface area contributed by atoms with Crippen molar-refractivity contribution < 1.29 is 14.3 Å². The fourth-order valence-corrected chi connectivity index (χ4v) is 0.798. The number of hydrogen-bond donors (Lipinski definition) is 3. The molecule has 0 rings (SSSR count). The van der Waals surface area contributed by atoms with Gasteiger partial charge in [-0.05, 0) is 19.9 Å². The maximum absolute atomic E-state index is 13.1. The molecular formula is C9H16FN3O2. The first kappa shape index (κ1) is 13.6. The van der Waals surface area contributed by atoms with Crippen LogP contribution in [0, 0.1) is 0 Å². The summed E-state index contributed by atoms with van der Waals surface area (Å²) in [4.78, 5) is 14.3. The summed E-state index contributed by atoms with van der Waals surface area (Å²) in [6, 6.07) is 0. The van der Waals surface area contributed by atoms with Crippen molar-refractivity contribution in [1.29, 1.82) is 0 Å². The Kier molecular flexibility index (Phi) is 4.93. The number of amidine groups is 1. The van der Waals surface area contributed by atoms with E-state index in [1.165, 1.54) is 6.92 Å². The van der Waals surface area contributed by atoms with E-state index in [1.807, 2.05) is 0 Å². The van der Waals surface area contributed by atoms with E-state index in [-0.39, 0.29) is 13.0 Å². The lowest BCUT2D eigenvalue weighted by molar-refractivity contribution is -0.140. The van der Waals surface area contributed by atoms with E-state index in [0.29, 0.717) is 5.84 Å². The van der Waals surface area contributed by atoms with Gasteiger partial charge in [0.15, 0.2) is 0 Å². The zero-order valence-corrected chi connectivity index (χ0v) is 8.83. The highest BCUT2D eigenvalue weighted by Gasteiger charge is 2.25. The molecule has 0 aromatic heterocycles. The minimum Gasteiger partial charge on any atom is -0.480 e. The fraction of sp³-hybridized carbons (Fsp3) is 0.556. The SMILES string of the molecule is CC(N)=NCCC(F)=C[C@](C)(N)C(=O)O. The second-order valence-corrected chi connectivity index (χ2v) is 3.45. The van der Waals surface area contributed by atoms with E-state index in [2.05, 4.69) is 4.99 Å². The van der Waals surface area contributed by atoms with E-state index in [9.17, 15) is 9.18 Å². The molecule has 0 aromatic carbocycles. The van der Waals surface area contributed by atoms with Gasteiger partial charge in [-0.1, -0.05) is 0 Å². The van der Waals surface area contributed by atoms with Crippen LogP contribution in [-0.2, 0) is 4.79 Å². The zero-order chi connectivity index (χ0) is 12.1. The number of rotatable bonds is 5. The van der Waals surface area contributed by atoms with Gasteiger partial charge in [-0.15, -0.1) is 0 Å². The first-order chi connectivity index (χ1) is 6.75. The molecule has 1 atom stereocenters. The Morgan fingerprint density at radius 2 is 2.20 bits per heavy atom. The number of aliphatic carboxylic acids is 1. The van der Waals surface area contributed by atoms with Gasteiger partial charge < -0.3 is 16.6 Å². The first-order valence-electron chi connectivity index (χ1n) is 4.41. The molecule has 0 amide bonds. The summed E-state index contributed by atoms with van der Waals surface area (Å²) < 4.78 is 13.1. The summed E-state index contributed by atoms with van der Waals surface area (Å²) in [6.07, 6.45) is 0.866. The number of nitrogens with two attached hydrogens (primary N) is 2. The Labute approximate surface area is 87.7 Å². The minimum atomic E-state index is -1.69. The molecule has 6 heteroatoms. The molecule has 0 radical (unpaired) electrons. The second kappa shape index (κ2) is 5.45. The van der Waals surface area contributed by atoms with Gasteiger partial charge in [0.25, 0.3) is 0 Å². The van der Waals surface area contributed by atoms with E-state index < -0.39 is 17.3 Å². The molecule has 0 aliphatic rings. The van der Waals surface area contributed by atoms with Gasteiger partial charge in [0, 0.05) is 13.0 Å². The number of halogens is 1. The van der Waals surface area contributed by atoms with Crippen LogP contribution in [0.2, 0.25) is 0 Å². The second-order valence-electron chi connectivity index (χ2n) is 3.45. The molecule has 0 aliphatic carbocycles. The van der Waals surface area contributed by atoms with Crippen molar-refractivity contribution in [3.05, 3.63) is 11.9 Å². The molecule has 0 unspecified atom stereocenters. The third-order valence-electron chi connectivity index (χ3n) is 1.63. The van der Waals surface area contributed by atoms with Crippen LogP contribution in [0.4, 0.5) is 4.39 Å². The summed E-state index contributed by atoms with van der Waals surface area (Å²) >= 11 is 0. The standard InChI is InChI=1S/C9H16FN3O2/c1-6(11)13-4-3-7(10)5-9(2,12)8(14)15/h5H,3-4,12H2,1-2H3,(H2,11,13)(H,14,15)/t9-/m0/s1. The molecule has 15 heavy (non-hydrogen) atoms. The van der Waals surface area contributed by atoms with Gasteiger partial charge in [-0.3, -0.25) is 4.99 Å². The Hall–Kier alpha value is -1.43. The molecule has 0 spiro atoms. The van der Waals surface area contributed by atoms with E-state index in [1.54, 1.807) is 6.92 Å². The number of carbonyl (C=O) groups is 1. The van der Waals surface area contributed by atoms with Crippen LogP contribution in [-0.4, -0.2) is 29.0 Å². The molecule has 0 aliphatic heterocycles. The van der Waals surface area contributed by atoms with Crippen LogP contribution < -0.4 is 11.5 Å². The summed E-state index contributed by atoms with van der Waals surface area (Å²) in [5.74, 6) is -1.53. The highest BCUT2D eigenvalue weighted by atomic mass is 19.1. The number of nitrogens with zero attached hydrogens (tertiary/aromatic N) is 1. The van der Waals surface area contributed by atoms with Crippen molar-refractivity contribution in [1.82, 2.24) is 0 Å². The van der Waals surface area contributed by atoms with E-state index in [4.69, 9.17) is 16.6 Å². The van der Waals surface area contributed by atoms with Crippen LogP contribution in [0.5, 0.6) is 0 Å². The number of aliphatic imine (C=N–C) groups is 1. The molecule has 0 saturated heterocycles. The van der Waals surface area contributed by atoms with Crippen LogP contribution in [0.3, 0.4) is 0 Å². The van der Waals surface area contributed by atoms with Gasteiger partial charge in [-0.25, -0.2) is 9.18 Å². The van der Waals surface area contributed by atoms with Crippen molar-refractivity contribution in [2.75, 3.05) is 6.54 Å². The average Bonchev–Trinajstić information content (AvgIpc) is 2.01. The summed E-state index contributed by atoms with van der Waals surface area (Å²) in [5.41, 5.74) is 8.87. The molecule has 0 bridgehead atoms. The van der Waals surface area contributed by atoms with E-state index in [0.717, 1.165) is 6.08 Å². The van der Waals surface area contributed by atoms with Gasteiger partial charge in [0.05, 0.1) is 5.84 Å². The summed E-state index contributed by atoms with van der Waals surface area (Å²) in [6.45, 7) is 2.98. The average molecular weight is 217 g/mol. The molecule has 5 nitrogen and oxygen atoms in total. The molecule has 5 N–H and O–H groups in total. The van der Waals surface area contributed by atoms with Gasteiger partial charge >= 0.3 is 5.97 Å². The Morgan fingerprint density at radius 1 is 1.67 bits per heavy atom. The number of hydrogen-bond acceptors (Lipinski definition) is 3. The smallest absolute Gasteiger partial charge is 0.327 e. The molecule has 0 aromatic rings. The van der Waals surface area contributed by atoms with E-state index >= 15 is 0 Å². The van der Waals surface area contributed by atoms with Gasteiger partial charge in [0.2, 0.25) is 0 Å². The molecule has 0 heterocycles. The molecule has 86 valence electrons. The predicted octanol–water partition coefficient (Wildman–Crippen LogP) is 0.409. The maximum Gasteiger partial charge on any atom is 0.327 e. The highest BCUT2D eigenvalue weighted by Crippen LogP contribution is 2.10. The summed E-state index contributed by atoms with van der Waals surface area (Å²) in [5, 5.41) is 8.62. The topological polar surface area (TPSA) is 102 Å². The molecular weight excluding hydrogens is 201 g/mol. The predicted molar refractivity (Wildman–Crippen MR) is 56.2 cm³/mol. The summed E-state index contributed by atoms with van der Waals surface area (Å²) in [7, 11) is 0. The number of carboxylic acids is 1. The van der Waals surface area contributed by atoms with Crippen LogP contribution in [0.15, 0.2) is 16.9 Å². The lowest BCUT2D eigenvalue weighted by Crippen LogP contribution is -2.42. The van der Waals surface area contributed by atoms with Crippen molar-refractivity contribution >= 4 is 11.8 Å². The maximum atomic E-state index is 13.1. The lowest BCUT2D eigenvalue weighted by Gasteiger charge is -2.13.